The van der Waals surface area contributed by atoms with Crippen molar-refractivity contribution < 1.29 is 0 Å². The number of aromatic nitrogens is 1. The summed E-state index contributed by atoms with van der Waals surface area (Å²) < 4.78 is 0. The van der Waals surface area contributed by atoms with Gasteiger partial charge in [-0.05, 0) is 73.6 Å². The first-order chi connectivity index (χ1) is 11.4. The first-order valence-electron chi connectivity index (χ1n) is 9.19. The summed E-state index contributed by atoms with van der Waals surface area (Å²) in [5.41, 5.74) is 8.95. The first-order valence-corrected chi connectivity index (χ1v) is 9.19. The number of pyridine rings is 1. The quantitative estimate of drug-likeness (QED) is 0.918. The summed E-state index contributed by atoms with van der Waals surface area (Å²) in [6, 6.07) is 10.7. The van der Waals surface area contributed by atoms with Crippen LogP contribution >= 0.6 is 0 Å². The van der Waals surface area contributed by atoms with Gasteiger partial charge in [0.1, 0.15) is 0 Å². The molecule has 2 heteroatoms. The molecule has 0 spiro atoms. The summed E-state index contributed by atoms with van der Waals surface area (Å²) in [4.78, 5) is 5.05. The molecule has 2 aliphatic carbocycles. The van der Waals surface area contributed by atoms with Gasteiger partial charge in [0.2, 0.25) is 0 Å². The second kappa shape index (κ2) is 6.84. The van der Waals surface area contributed by atoms with E-state index in [4.69, 9.17) is 4.98 Å². The lowest BCUT2D eigenvalue weighted by atomic mass is 9.84. The highest BCUT2D eigenvalue weighted by Gasteiger charge is 2.22. The average molecular weight is 306 g/mol. The molecule has 0 saturated heterocycles. The van der Waals surface area contributed by atoms with E-state index in [0.29, 0.717) is 0 Å². The lowest BCUT2D eigenvalue weighted by molar-refractivity contribution is 0.598. The van der Waals surface area contributed by atoms with Gasteiger partial charge in [-0.25, -0.2) is 0 Å². The highest BCUT2D eigenvalue weighted by atomic mass is 14.9. The third-order valence-corrected chi connectivity index (χ3v) is 5.35. The molecule has 2 aliphatic rings. The zero-order valence-electron chi connectivity index (χ0n) is 13.9. The molecule has 0 radical (unpaired) electrons. The molecular formula is C21H26N2. The van der Waals surface area contributed by atoms with Crippen LogP contribution in [-0.4, -0.2) is 4.98 Å². The highest BCUT2D eigenvalue weighted by molar-refractivity contribution is 5.43. The smallest absolute Gasteiger partial charge is 0.0442 e. The van der Waals surface area contributed by atoms with E-state index >= 15 is 0 Å². The van der Waals surface area contributed by atoms with Crippen molar-refractivity contribution in [2.75, 3.05) is 0 Å². The molecule has 4 rings (SSSR count). The third kappa shape index (κ3) is 3.18. The molecule has 2 aromatic rings. The molecule has 0 amide bonds. The van der Waals surface area contributed by atoms with Crippen LogP contribution in [0.5, 0.6) is 0 Å². The van der Waals surface area contributed by atoms with Crippen LogP contribution in [0, 0.1) is 0 Å². The van der Waals surface area contributed by atoms with E-state index in [9.17, 15) is 0 Å². The Morgan fingerprint density at radius 3 is 2.00 bits per heavy atom. The van der Waals surface area contributed by atoms with Gasteiger partial charge in [-0.3, -0.25) is 4.98 Å². The Balaban J connectivity index is 1.58. The molecule has 120 valence electrons. The molecule has 0 atom stereocenters. The summed E-state index contributed by atoms with van der Waals surface area (Å²) >= 11 is 0. The number of fused-ring (bicyclic) bond motifs is 2. The minimum atomic E-state index is 0.951. The molecule has 0 unspecified atom stereocenters. The molecule has 1 aromatic carbocycles. The molecule has 1 N–H and O–H groups in total. The van der Waals surface area contributed by atoms with Gasteiger partial charge in [0, 0.05) is 24.5 Å². The fourth-order valence-corrected chi connectivity index (χ4v) is 4.16. The lowest BCUT2D eigenvalue weighted by Gasteiger charge is -2.26. The van der Waals surface area contributed by atoms with Gasteiger partial charge in [-0.1, -0.05) is 30.3 Å². The van der Waals surface area contributed by atoms with Crippen molar-refractivity contribution in [2.45, 2.75) is 64.5 Å². The number of rotatable bonds is 4. The van der Waals surface area contributed by atoms with Crippen molar-refractivity contribution in [3.8, 4) is 0 Å². The van der Waals surface area contributed by atoms with E-state index < -0.39 is 0 Å². The number of nitrogens with one attached hydrogen (secondary N) is 1. The molecule has 23 heavy (non-hydrogen) atoms. The Kier molecular flexibility index (Phi) is 4.43. The topological polar surface area (TPSA) is 24.9 Å². The summed E-state index contributed by atoms with van der Waals surface area (Å²) in [5, 5.41) is 3.69. The Hall–Kier alpha value is -1.67. The maximum Gasteiger partial charge on any atom is 0.0442 e. The molecule has 1 aromatic heterocycles. The standard InChI is InChI=1S/C21H26N2/c1-2-8-16(9-3-1)14-22-15-19-17-10-4-6-12-20(17)23-21-13-7-5-11-18(19)21/h1-3,8-9,22H,4-7,10-15H2. The molecule has 0 bridgehead atoms. The predicted octanol–water partition coefficient (Wildman–Crippen LogP) is 4.13. The van der Waals surface area contributed by atoms with E-state index in [1.54, 1.807) is 16.7 Å². The Morgan fingerprint density at radius 1 is 0.739 bits per heavy atom. The Bertz CT molecular complexity index is 642. The van der Waals surface area contributed by atoms with Crippen LogP contribution in [0.1, 0.15) is 59.3 Å². The fourth-order valence-electron chi connectivity index (χ4n) is 4.16. The van der Waals surface area contributed by atoms with Crippen LogP contribution in [0.25, 0.3) is 0 Å². The molecule has 0 aliphatic heterocycles. The van der Waals surface area contributed by atoms with Crippen LogP contribution in [-0.2, 0) is 38.8 Å². The normalized spacial score (nSPS) is 16.7. The predicted molar refractivity (Wildman–Crippen MR) is 94.5 cm³/mol. The van der Waals surface area contributed by atoms with Crippen molar-refractivity contribution in [3.05, 3.63) is 64.0 Å². The monoisotopic (exact) mass is 306 g/mol. The van der Waals surface area contributed by atoms with Gasteiger partial charge in [0.05, 0.1) is 0 Å². The number of nitrogens with zero attached hydrogens (tertiary/aromatic N) is 1. The van der Waals surface area contributed by atoms with Gasteiger partial charge in [-0.15, -0.1) is 0 Å². The maximum absolute atomic E-state index is 5.05. The van der Waals surface area contributed by atoms with Crippen LogP contribution in [0.2, 0.25) is 0 Å². The molecular weight excluding hydrogens is 280 g/mol. The van der Waals surface area contributed by atoms with Crippen molar-refractivity contribution in [1.82, 2.24) is 10.3 Å². The number of hydrogen-bond donors (Lipinski definition) is 1. The van der Waals surface area contributed by atoms with E-state index in [2.05, 4.69) is 35.6 Å². The largest absolute Gasteiger partial charge is 0.309 e. The van der Waals surface area contributed by atoms with E-state index in [1.807, 2.05) is 0 Å². The summed E-state index contributed by atoms with van der Waals surface area (Å²) in [7, 11) is 0. The fraction of sp³-hybridized carbons (Fsp3) is 0.476. The van der Waals surface area contributed by atoms with Gasteiger partial charge >= 0.3 is 0 Å². The van der Waals surface area contributed by atoms with E-state index in [1.165, 1.54) is 68.3 Å². The van der Waals surface area contributed by atoms with Gasteiger partial charge in [-0.2, -0.15) is 0 Å². The lowest BCUT2D eigenvalue weighted by Crippen LogP contribution is -2.22. The van der Waals surface area contributed by atoms with Gasteiger partial charge in [0.25, 0.3) is 0 Å². The molecule has 2 nitrogen and oxygen atoms in total. The maximum atomic E-state index is 5.05. The average Bonchev–Trinajstić information content (AvgIpc) is 2.62. The summed E-state index contributed by atoms with van der Waals surface area (Å²) in [5.74, 6) is 0. The van der Waals surface area contributed by atoms with Gasteiger partial charge < -0.3 is 5.32 Å². The number of aryl methyl sites for hydroxylation is 2. The van der Waals surface area contributed by atoms with E-state index in [-0.39, 0.29) is 0 Å². The zero-order chi connectivity index (χ0) is 15.5. The van der Waals surface area contributed by atoms with Crippen molar-refractivity contribution >= 4 is 0 Å². The van der Waals surface area contributed by atoms with Crippen molar-refractivity contribution in [3.63, 3.8) is 0 Å². The summed E-state index contributed by atoms with van der Waals surface area (Å²) in [6.07, 6.45) is 10.1. The molecule has 0 fully saturated rings. The van der Waals surface area contributed by atoms with Crippen LogP contribution in [0.4, 0.5) is 0 Å². The minimum absolute atomic E-state index is 0.951. The zero-order valence-corrected chi connectivity index (χ0v) is 13.9. The Labute approximate surface area is 139 Å². The minimum Gasteiger partial charge on any atom is -0.309 e. The van der Waals surface area contributed by atoms with Crippen LogP contribution in [0.3, 0.4) is 0 Å². The first kappa shape index (κ1) is 14.9. The second-order valence-electron chi connectivity index (χ2n) is 6.94. The van der Waals surface area contributed by atoms with Gasteiger partial charge in [0.15, 0.2) is 0 Å². The third-order valence-electron chi connectivity index (χ3n) is 5.35. The second-order valence-corrected chi connectivity index (χ2v) is 6.94. The Morgan fingerprint density at radius 2 is 1.35 bits per heavy atom. The van der Waals surface area contributed by atoms with Crippen molar-refractivity contribution in [1.29, 1.82) is 0 Å². The van der Waals surface area contributed by atoms with Crippen LogP contribution in [0.15, 0.2) is 30.3 Å². The summed E-state index contributed by atoms with van der Waals surface area (Å²) in [6.45, 7) is 1.95. The van der Waals surface area contributed by atoms with Crippen LogP contribution < -0.4 is 5.32 Å². The van der Waals surface area contributed by atoms with E-state index in [0.717, 1.165) is 13.1 Å². The SMILES string of the molecule is c1ccc(CNCc2c3c(nc4c2CCCC4)CCCC3)cc1. The number of benzene rings is 1. The molecule has 1 heterocycles. The molecule has 0 saturated carbocycles. The highest BCUT2D eigenvalue weighted by Crippen LogP contribution is 2.31. The van der Waals surface area contributed by atoms with Crippen molar-refractivity contribution in [2.24, 2.45) is 0 Å². The number of hydrogen-bond acceptors (Lipinski definition) is 2.